The van der Waals surface area contributed by atoms with Crippen molar-refractivity contribution in [2.75, 3.05) is 7.05 Å². The van der Waals surface area contributed by atoms with E-state index in [0.29, 0.717) is 28.8 Å². The van der Waals surface area contributed by atoms with E-state index in [9.17, 15) is 14.7 Å². The SMILES string of the molecule is CCCCn1c(=O)c(C(=O)OC2C[C@H]3CC[C@@H](C2)N3C)c(O)c2sccc21. The maximum absolute atomic E-state index is 13.0. The molecular weight excluding hydrogens is 364 g/mol. The number of unbranched alkanes of at least 4 members (excludes halogenated alkanes) is 1. The van der Waals surface area contributed by atoms with E-state index < -0.39 is 11.5 Å². The van der Waals surface area contributed by atoms with Crippen molar-refractivity contribution in [1.82, 2.24) is 9.47 Å². The third-order valence-corrected chi connectivity index (χ3v) is 7.02. The van der Waals surface area contributed by atoms with E-state index in [0.717, 1.165) is 38.5 Å². The number of aryl methyl sites for hydroxylation is 1. The smallest absolute Gasteiger partial charge is 0.347 e. The summed E-state index contributed by atoms with van der Waals surface area (Å²) >= 11 is 1.33. The summed E-state index contributed by atoms with van der Waals surface area (Å²) in [5, 5.41) is 12.4. The second-order valence-electron chi connectivity index (χ2n) is 7.72. The van der Waals surface area contributed by atoms with Crippen molar-refractivity contribution in [1.29, 1.82) is 0 Å². The molecule has 1 unspecified atom stereocenters. The van der Waals surface area contributed by atoms with Crippen LogP contribution in [0.2, 0.25) is 0 Å². The van der Waals surface area contributed by atoms with Gasteiger partial charge in [-0.05, 0) is 37.8 Å². The van der Waals surface area contributed by atoms with Crippen LogP contribution < -0.4 is 5.56 Å². The van der Waals surface area contributed by atoms with Crippen molar-refractivity contribution in [2.24, 2.45) is 0 Å². The first kappa shape index (κ1) is 18.5. The predicted molar refractivity (Wildman–Crippen MR) is 106 cm³/mol. The van der Waals surface area contributed by atoms with Gasteiger partial charge >= 0.3 is 5.97 Å². The number of fused-ring (bicyclic) bond motifs is 3. The summed E-state index contributed by atoms with van der Waals surface area (Å²) in [5.74, 6) is -0.925. The molecule has 2 fully saturated rings. The van der Waals surface area contributed by atoms with Crippen LogP contribution in [0.4, 0.5) is 0 Å². The minimum atomic E-state index is -0.688. The van der Waals surface area contributed by atoms with Gasteiger partial charge in [0.05, 0.1) is 10.2 Å². The van der Waals surface area contributed by atoms with Gasteiger partial charge in [0, 0.05) is 31.5 Å². The second kappa shape index (κ2) is 7.28. The summed E-state index contributed by atoms with van der Waals surface area (Å²) in [4.78, 5) is 28.2. The molecule has 0 aromatic carbocycles. The molecule has 27 heavy (non-hydrogen) atoms. The fraction of sp³-hybridized carbons (Fsp3) is 0.600. The molecule has 2 aliphatic heterocycles. The van der Waals surface area contributed by atoms with Gasteiger partial charge in [0.25, 0.3) is 5.56 Å². The highest BCUT2D eigenvalue weighted by Crippen LogP contribution is 2.36. The van der Waals surface area contributed by atoms with Gasteiger partial charge in [-0.25, -0.2) is 4.79 Å². The van der Waals surface area contributed by atoms with Crippen LogP contribution in [-0.2, 0) is 11.3 Å². The molecule has 3 atom stereocenters. The average Bonchev–Trinajstić information content (AvgIpc) is 3.18. The normalized spacial score (nSPS) is 25.2. The first-order valence-electron chi connectivity index (χ1n) is 9.77. The Kier molecular flexibility index (Phi) is 4.99. The zero-order chi connectivity index (χ0) is 19.1. The second-order valence-corrected chi connectivity index (χ2v) is 8.63. The summed E-state index contributed by atoms with van der Waals surface area (Å²) in [6.07, 6.45) is 5.44. The average molecular weight is 391 g/mol. The van der Waals surface area contributed by atoms with Crippen molar-refractivity contribution in [2.45, 2.75) is 70.2 Å². The third-order valence-electron chi connectivity index (χ3n) is 6.11. The van der Waals surface area contributed by atoms with Crippen molar-refractivity contribution in [3.8, 4) is 5.75 Å². The standard InChI is InChI=1S/C20H26N2O4S/c1-3-4-8-22-15-7-9-27-18(15)17(23)16(19(22)24)20(25)26-14-10-12-5-6-13(11-14)21(12)2/h7,9,12-14,23H,3-6,8,10-11H2,1-2H3/t12-,13+,14?. The Hall–Kier alpha value is -1.86. The maximum Gasteiger partial charge on any atom is 0.347 e. The van der Waals surface area contributed by atoms with Crippen LogP contribution in [0.3, 0.4) is 0 Å². The molecule has 0 spiro atoms. The quantitative estimate of drug-likeness (QED) is 0.793. The van der Waals surface area contributed by atoms with E-state index >= 15 is 0 Å². The molecule has 0 radical (unpaired) electrons. The fourth-order valence-electron chi connectivity index (χ4n) is 4.54. The van der Waals surface area contributed by atoms with Crippen LogP contribution in [0.5, 0.6) is 5.75 Å². The number of piperidine rings is 1. The van der Waals surface area contributed by atoms with Gasteiger partial charge in [0.1, 0.15) is 6.10 Å². The minimum absolute atomic E-state index is 0.187. The summed E-state index contributed by atoms with van der Waals surface area (Å²) in [6.45, 7) is 2.58. The Balaban J connectivity index is 1.64. The predicted octanol–water partition coefficient (Wildman–Crippen LogP) is 3.35. The Bertz CT molecular complexity index is 905. The van der Waals surface area contributed by atoms with Gasteiger partial charge in [0.15, 0.2) is 11.3 Å². The molecule has 1 N–H and O–H groups in total. The lowest BCUT2D eigenvalue weighted by molar-refractivity contribution is -0.000855. The van der Waals surface area contributed by atoms with Crippen molar-refractivity contribution in [3.05, 3.63) is 27.4 Å². The van der Waals surface area contributed by atoms with Gasteiger partial charge in [0.2, 0.25) is 0 Å². The van der Waals surface area contributed by atoms with Crippen molar-refractivity contribution >= 4 is 27.5 Å². The van der Waals surface area contributed by atoms with Crippen LogP contribution in [0.25, 0.3) is 10.2 Å². The molecular formula is C20H26N2O4S. The zero-order valence-electron chi connectivity index (χ0n) is 15.8. The molecule has 2 aromatic heterocycles. The summed E-state index contributed by atoms with van der Waals surface area (Å²) in [7, 11) is 2.13. The number of aromatic hydroxyl groups is 1. The number of ether oxygens (including phenoxy) is 1. The molecule has 4 rings (SSSR count). The van der Waals surface area contributed by atoms with E-state index in [1.54, 1.807) is 4.57 Å². The minimum Gasteiger partial charge on any atom is -0.505 e. The highest BCUT2D eigenvalue weighted by Gasteiger charge is 2.40. The molecule has 0 saturated carbocycles. The Labute approximate surface area is 162 Å². The zero-order valence-corrected chi connectivity index (χ0v) is 16.6. The molecule has 4 heterocycles. The summed E-state index contributed by atoms with van der Waals surface area (Å²) in [5.41, 5.74) is 0.0184. The lowest BCUT2D eigenvalue weighted by Gasteiger charge is -2.35. The lowest BCUT2D eigenvalue weighted by Crippen LogP contribution is -2.43. The molecule has 0 amide bonds. The molecule has 146 valence electrons. The Morgan fingerprint density at radius 3 is 2.70 bits per heavy atom. The molecule has 2 saturated heterocycles. The molecule has 2 aromatic rings. The van der Waals surface area contributed by atoms with E-state index in [1.807, 2.05) is 11.4 Å². The van der Waals surface area contributed by atoms with E-state index in [-0.39, 0.29) is 17.4 Å². The number of pyridine rings is 1. The number of aromatic nitrogens is 1. The van der Waals surface area contributed by atoms with Gasteiger partial charge in [-0.3, -0.25) is 4.79 Å². The third kappa shape index (κ3) is 3.17. The van der Waals surface area contributed by atoms with E-state index in [4.69, 9.17) is 4.74 Å². The number of nitrogens with zero attached hydrogens (tertiary/aromatic N) is 2. The van der Waals surface area contributed by atoms with Crippen LogP contribution in [0.15, 0.2) is 16.2 Å². The fourth-order valence-corrected chi connectivity index (χ4v) is 5.39. The van der Waals surface area contributed by atoms with Gasteiger partial charge in [-0.1, -0.05) is 13.3 Å². The first-order chi connectivity index (χ1) is 13.0. The van der Waals surface area contributed by atoms with E-state index in [1.165, 1.54) is 11.3 Å². The number of rotatable bonds is 5. The summed E-state index contributed by atoms with van der Waals surface area (Å²) < 4.78 is 7.89. The number of carbonyl (C=O) groups is 1. The monoisotopic (exact) mass is 390 g/mol. The number of hydrogen-bond acceptors (Lipinski definition) is 6. The van der Waals surface area contributed by atoms with Crippen LogP contribution >= 0.6 is 11.3 Å². The van der Waals surface area contributed by atoms with Gasteiger partial charge in [-0.2, -0.15) is 0 Å². The number of hydrogen-bond donors (Lipinski definition) is 1. The molecule has 2 bridgehead atoms. The van der Waals surface area contributed by atoms with Crippen LogP contribution in [-0.4, -0.2) is 45.8 Å². The molecule has 6 nitrogen and oxygen atoms in total. The molecule has 2 aliphatic rings. The highest BCUT2D eigenvalue weighted by molar-refractivity contribution is 7.17. The largest absolute Gasteiger partial charge is 0.505 e. The highest BCUT2D eigenvalue weighted by atomic mass is 32.1. The Morgan fingerprint density at radius 2 is 2.04 bits per heavy atom. The Morgan fingerprint density at radius 1 is 1.33 bits per heavy atom. The van der Waals surface area contributed by atoms with Gasteiger partial charge in [-0.15, -0.1) is 11.3 Å². The number of esters is 1. The van der Waals surface area contributed by atoms with Crippen LogP contribution in [0.1, 0.15) is 55.8 Å². The molecule has 0 aliphatic carbocycles. The number of thiophene rings is 1. The maximum atomic E-state index is 13.0. The van der Waals surface area contributed by atoms with Gasteiger partial charge < -0.3 is 19.3 Å². The topological polar surface area (TPSA) is 71.8 Å². The summed E-state index contributed by atoms with van der Waals surface area (Å²) in [6, 6.07) is 2.70. The van der Waals surface area contributed by atoms with Crippen molar-refractivity contribution < 1.29 is 14.6 Å². The molecule has 7 heteroatoms. The van der Waals surface area contributed by atoms with Crippen molar-refractivity contribution in [3.63, 3.8) is 0 Å². The number of carbonyl (C=O) groups excluding carboxylic acids is 1. The first-order valence-corrected chi connectivity index (χ1v) is 10.6. The lowest BCUT2D eigenvalue weighted by atomic mass is 10.0. The van der Waals surface area contributed by atoms with Crippen LogP contribution in [0, 0.1) is 0 Å². The van der Waals surface area contributed by atoms with E-state index in [2.05, 4.69) is 18.9 Å².